The number of anilines is 1. The quantitative estimate of drug-likeness (QED) is 0.716. The fraction of sp³-hybridized carbons (Fsp3) is 0.188. The van der Waals surface area contributed by atoms with Crippen LogP contribution in [-0.4, -0.2) is 12.0 Å². The average molecular weight is 416 g/mol. The zero-order valence-electron chi connectivity index (χ0n) is 11.5. The monoisotopic (exact) mass is 415 g/mol. The van der Waals surface area contributed by atoms with Crippen molar-refractivity contribution in [2.75, 3.05) is 5.32 Å². The summed E-state index contributed by atoms with van der Waals surface area (Å²) in [4.78, 5) is 12.2. The lowest BCUT2D eigenvalue weighted by molar-refractivity contribution is -0.122. The van der Waals surface area contributed by atoms with Gasteiger partial charge in [0.2, 0.25) is 0 Å². The van der Waals surface area contributed by atoms with Gasteiger partial charge in [-0.3, -0.25) is 4.79 Å². The van der Waals surface area contributed by atoms with Crippen LogP contribution in [0.25, 0.3) is 0 Å². The molecule has 2 rings (SSSR count). The molecule has 1 N–H and O–H groups in total. The molecule has 0 heterocycles. The van der Waals surface area contributed by atoms with Crippen LogP contribution in [0.1, 0.15) is 13.3 Å². The Balaban J connectivity index is 2.01. The van der Waals surface area contributed by atoms with Crippen LogP contribution in [0, 0.1) is 3.57 Å². The molecule has 0 radical (unpaired) electrons. The van der Waals surface area contributed by atoms with Gasteiger partial charge in [-0.2, -0.15) is 0 Å². The summed E-state index contributed by atoms with van der Waals surface area (Å²) in [6.07, 6.45) is 0.0456. The molecule has 1 amide bonds. The van der Waals surface area contributed by atoms with Gasteiger partial charge in [0.25, 0.3) is 5.91 Å². The molecule has 0 saturated carbocycles. The molecule has 0 saturated heterocycles. The van der Waals surface area contributed by atoms with Crippen LogP contribution in [0.5, 0.6) is 5.75 Å². The molecule has 110 valence electrons. The molecular formula is C16H15ClINO2. The molecule has 0 unspecified atom stereocenters. The van der Waals surface area contributed by atoms with E-state index in [0.29, 0.717) is 17.2 Å². The van der Waals surface area contributed by atoms with E-state index in [1.165, 1.54) is 0 Å². The summed E-state index contributed by atoms with van der Waals surface area (Å²) < 4.78 is 6.82. The van der Waals surface area contributed by atoms with Crippen LogP contribution in [0.4, 0.5) is 5.69 Å². The molecule has 21 heavy (non-hydrogen) atoms. The number of benzene rings is 2. The second kappa shape index (κ2) is 7.66. The molecule has 0 aromatic heterocycles. The number of hydrogen-bond donors (Lipinski definition) is 1. The molecule has 0 aliphatic heterocycles. The third-order valence-electron chi connectivity index (χ3n) is 2.87. The maximum Gasteiger partial charge on any atom is 0.265 e. The van der Waals surface area contributed by atoms with E-state index >= 15 is 0 Å². The van der Waals surface area contributed by atoms with Crippen molar-refractivity contribution < 1.29 is 9.53 Å². The van der Waals surface area contributed by atoms with Gasteiger partial charge in [-0.25, -0.2) is 0 Å². The van der Waals surface area contributed by atoms with E-state index in [-0.39, 0.29) is 5.91 Å². The summed E-state index contributed by atoms with van der Waals surface area (Å²) in [6, 6.07) is 14.6. The predicted octanol–water partition coefficient (Wildman–Crippen LogP) is 4.74. The van der Waals surface area contributed by atoms with Crippen LogP contribution in [-0.2, 0) is 4.79 Å². The molecule has 0 aliphatic rings. The number of halogens is 2. The average Bonchev–Trinajstić information content (AvgIpc) is 2.49. The highest BCUT2D eigenvalue weighted by atomic mass is 127. The summed E-state index contributed by atoms with van der Waals surface area (Å²) in [5.74, 6) is 0.470. The van der Waals surface area contributed by atoms with Crippen molar-refractivity contribution in [3.8, 4) is 5.75 Å². The highest BCUT2D eigenvalue weighted by Gasteiger charge is 2.18. The Morgan fingerprint density at radius 3 is 2.38 bits per heavy atom. The molecule has 0 spiro atoms. The second-order valence-corrected chi connectivity index (χ2v) is 6.15. The zero-order chi connectivity index (χ0) is 15.2. The summed E-state index contributed by atoms with van der Waals surface area (Å²) in [5.41, 5.74) is 0.763. The van der Waals surface area contributed by atoms with Gasteiger partial charge in [0.05, 0.1) is 0 Å². The molecule has 2 aromatic rings. The van der Waals surface area contributed by atoms with E-state index in [1.807, 2.05) is 31.2 Å². The summed E-state index contributed by atoms with van der Waals surface area (Å²) in [6.45, 7) is 1.91. The van der Waals surface area contributed by atoms with Gasteiger partial charge in [0.1, 0.15) is 5.75 Å². The summed E-state index contributed by atoms with van der Waals surface area (Å²) in [7, 11) is 0. The van der Waals surface area contributed by atoms with Crippen molar-refractivity contribution in [3.05, 3.63) is 57.1 Å². The van der Waals surface area contributed by atoms with E-state index in [4.69, 9.17) is 16.3 Å². The van der Waals surface area contributed by atoms with Gasteiger partial charge >= 0.3 is 0 Å². The molecule has 3 nitrogen and oxygen atoms in total. The van der Waals surface area contributed by atoms with Gasteiger partial charge in [-0.1, -0.05) is 18.5 Å². The number of hydrogen-bond acceptors (Lipinski definition) is 2. The number of carbonyl (C=O) groups is 1. The lowest BCUT2D eigenvalue weighted by atomic mass is 10.2. The first kappa shape index (κ1) is 16.1. The highest BCUT2D eigenvalue weighted by molar-refractivity contribution is 14.1. The molecule has 5 heteroatoms. The fourth-order valence-corrected chi connectivity index (χ4v) is 2.24. The van der Waals surface area contributed by atoms with E-state index in [9.17, 15) is 4.79 Å². The van der Waals surface area contributed by atoms with Gasteiger partial charge in [-0.15, -0.1) is 0 Å². The summed E-state index contributed by atoms with van der Waals surface area (Å²) in [5, 5.41) is 3.50. The maximum absolute atomic E-state index is 12.2. The Bertz CT molecular complexity index is 599. The Morgan fingerprint density at radius 1 is 1.19 bits per heavy atom. The normalized spacial score (nSPS) is 11.8. The molecule has 0 fully saturated rings. The van der Waals surface area contributed by atoms with E-state index in [0.717, 1.165) is 9.26 Å². The molecule has 2 aromatic carbocycles. The van der Waals surface area contributed by atoms with Gasteiger partial charge < -0.3 is 10.1 Å². The number of ether oxygens (including phenoxy) is 1. The first-order valence-electron chi connectivity index (χ1n) is 6.57. The molecule has 1 atom stereocenters. The molecular weight excluding hydrogens is 401 g/mol. The van der Waals surface area contributed by atoms with Gasteiger partial charge in [0.15, 0.2) is 6.10 Å². The number of rotatable bonds is 5. The highest BCUT2D eigenvalue weighted by Crippen LogP contribution is 2.18. The van der Waals surface area contributed by atoms with Crippen molar-refractivity contribution in [2.24, 2.45) is 0 Å². The minimum Gasteiger partial charge on any atom is -0.481 e. The Hall–Kier alpha value is -1.27. The van der Waals surface area contributed by atoms with Crippen molar-refractivity contribution in [1.29, 1.82) is 0 Å². The van der Waals surface area contributed by atoms with Crippen molar-refractivity contribution in [1.82, 2.24) is 0 Å². The van der Waals surface area contributed by atoms with Crippen molar-refractivity contribution >= 4 is 45.8 Å². The van der Waals surface area contributed by atoms with E-state index in [1.54, 1.807) is 24.3 Å². The number of nitrogens with one attached hydrogen (secondary N) is 1. The van der Waals surface area contributed by atoms with Crippen LogP contribution < -0.4 is 10.1 Å². The van der Waals surface area contributed by atoms with Gasteiger partial charge in [0, 0.05) is 14.3 Å². The largest absolute Gasteiger partial charge is 0.481 e. The molecule has 0 bridgehead atoms. The first-order chi connectivity index (χ1) is 10.1. The lowest BCUT2D eigenvalue weighted by Gasteiger charge is -2.17. The Morgan fingerprint density at radius 2 is 1.81 bits per heavy atom. The van der Waals surface area contributed by atoms with Crippen LogP contribution in [0.3, 0.4) is 0 Å². The van der Waals surface area contributed by atoms with Crippen molar-refractivity contribution in [2.45, 2.75) is 19.4 Å². The Labute approximate surface area is 142 Å². The number of carbonyl (C=O) groups excluding carboxylic acids is 1. The van der Waals surface area contributed by atoms with E-state index < -0.39 is 6.10 Å². The van der Waals surface area contributed by atoms with Gasteiger partial charge in [-0.05, 0) is 77.5 Å². The predicted molar refractivity (Wildman–Crippen MR) is 93.9 cm³/mol. The summed E-state index contributed by atoms with van der Waals surface area (Å²) >= 11 is 8.05. The van der Waals surface area contributed by atoms with Crippen LogP contribution >= 0.6 is 34.2 Å². The fourth-order valence-electron chi connectivity index (χ4n) is 1.76. The van der Waals surface area contributed by atoms with E-state index in [2.05, 4.69) is 27.9 Å². The number of amides is 1. The second-order valence-electron chi connectivity index (χ2n) is 4.46. The SMILES string of the molecule is CC[C@H](Oc1ccc(Cl)cc1)C(=O)Nc1ccc(I)cc1. The smallest absolute Gasteiger partial charge is 0.265 e. The minimum absolute atomic E-state index is 0.159. The third-order valence-corrected chi connectivity index (χ3v) is 3.84. The van der Waals surface area contributed by atoms with Crippen molar-refractivity contribution in [3.63, 3.8) is 0 Å². The minimum atomic E-state index is -0.537. The van der Waals surface area contributed by atoms with Crippen LogP contribution in [0.15, 0.2) is 48.5 Å². The standard InChI is InChI=1S/C16H15ClINO2/c1-2-15(21-14-9-3-11(17)4-10-14)16(20)19-13-7-5-12(18)6-8-13/h3-10,15H,2H2,1H3,(H,19,20)/t15-/m0/s1. The third kappa shape index (κ3) is 4.89. The lowest BCUT2D eigenvalue weighted by Crippen LogP contribution is -2.32. The first-order valence-corrected chi connectivity index (χ1v) is 8.03. The van der Waals surface area contributed by atoms with Crippen LogP contribution in [0.2, 0.25) is 5.02 Å². The maximum atomic E-state index is 12.2. The Kier molecular flexibility index (Phi) is 5.87. The zero-order valence-corrected chi connectivity index (χ0v) is 14.4. The topological polar surface area (TPSA) is 38.3 Å². The molecule has 0 aliphatic carbocycles.